The van der Waals surface area contributed by atoms with Crippen molar-refractivity contribution in [2.24, 2.45) is 0 Å². The summed E-state index contributed by atoms with van der Waals surface area (Å²) in [7, 11) is 0. The van der Waals surface area contributed by atoms with E-state index >= 15 is 0 Å². The first-order valence-electron chi connectivity index (χ1n) is 7.69. The number of nitrogens with one attached hydrogen (secondary N) is 1. The van der Waals surface area contributed by atoms with Gasteiger partial charge in [-0.3, -0.25) is 4.79 Å². The van der Waals surface area contributed by atoms with E-state index in [9.17, 15) is 4.79 Å². The second-order valence-electron chi connectivity index (χ2n) is 5.47. The molecular weight excluding hydrogens is 398 g/mol. The summed E-state index contributed by atoms with van der Waals surface area (Å²) < 4.78 is 1.02. The second kappa shape index (κ2) is 8.27. The van der Waals surface area contributed by atoms with Gasteiger partial charge in [0.25, 0.3) is 0 Å². The lowest BCUT2D eigenvalue weighted by atomic mass is 10.1. The fourth-order valence-corrected chi connectivity index (χ4v) is 3.02. The standard InChI is InChI=1S/C19H16BrN3OS/c1-13-2-8-16(9-3-13)21-18(24)12-25-19-11-10-17(22-23-19)14-4-6-15(20)7-5-14/h2-11H,12H2,1H3,(H,21,24). The van der Waals surface area contributed by atoms with Crippen molar-refractivity contribution in [3.63, 3.8) is 0 Å². The van der Waals surface area contributed by atoms with Gasteiger partial charge >= 0.3 is 0 Å². The number of halogens is 1. The Labute approximate surface area is 159 Å². The number of carbonyl (C=O) groups excluding carboxylic acids is 1. The van der Waals surface area contributed by atoms with Crippen LogP contribution in [0, 0.1) is 6.92 Å². The van der Waals surface area contributed by atoms with Crippen LogP contribution >= 0.6 is 27.7 Å². The molecule has 1 heterocycles. The van der Waals surface area contributed by atoms with Crippen LogP contribution < -0.4 is 5.32 Å². The quantitative estimate of drug-likeness (QED) is 0.601. The predicted octanol–water partition coefficient (Wildman–Crippen LogP) is 4.95. The van der Waals surface area contributed by atoms with Gasteiger partial charge in [0.1, 0.15) is 5.03 Å². The highest BCUT2D eigenvalue weighted by Gasteiger charge is 2.06. The number of rotatable bonds is 5. The first-order chi connectivity index (χ1) is 12.1. The topological polar surface area (TPSA) is 54.9 Å². The van der Waals surface area contributed by atoms with Gasteiger partial charge in [-0.1, -0.05) is 57.5 Å². The highest BCUT2D eigenvalue weighted by Crippen LogP contribution is 2.21. The highest BCUT2D eigenvalue weighted by atomic mass is 79.9. The summed E-state index contributed by atoms with van der Waals surface area (Å²) in [6, 6.07) is 19.4. The Balaban J connectivity index is 1.55. The third-order valence-electron chi connectivity index (χ3n) is 3.47. The molecule has 1 N–H and O–H groups in total. The third-order valence-corrected chi connectivity index (χ3v) is 4.92. The van der Waals surface area contributed by atoms with E-state index in [0.29, 0.717) is 5.75 Å². The second-order valence-corrected chi connectivity index (χ2v) is 7.38. The van der Waals surface area contributed by atoms with Crippen LogP contribution in [0.15, 0.2) is 70.2 Å². The summed E-state index contributed by atoms with van der Waals surface area (Å²) in [6.07, 6.45) is 0. The van der Waals surface area contributed by atoms with Crippen molar-refractivity contribution >= 4 is 39.3 Å². The van der Waals surface area contributed by atoms with Gasteiger partial charge in [0.15, 0.2) is 0 Å². The minimum Gasteiger partial charge on any atom is -0.325 e. The van der Waals surface area contributed by atoms with Crippen LogP contribution in [0.1, 0.15) is 5.56 Å². The van der Waals surface area contributed by atoms with Crippen molar-refractivity contribution in [3.05, 3.63) is 70.7 Å². The van der Waals surface area contributed by atoms with Gasteiger partial charge in [-0.25, -0.2) is 0 Å². The van der Waals surface area contributed by atoms with E-state index in [2.05, 4.69) is 31.4 Å². The fraction of sp³-hybridized carbons (Fsp3) is 0.105. The molecule has 0 unspecified atom stereocenters. The van der Waals surface area contributed by atoms with Gasteiger partial charge in [0.2, 0.25) is 5.91 Å². The zero-order valence-corrected chi connectivity index (χ0v) is 16.0. The van der Waals surface area contributed by atoms with Crippen molar-refractivity contribution in [2.75, 3.05) is 11.1 Å². The molecule has 25 heavy (non-hydrogen) atoms. The number of hydrogen-bond acceptors (Lipinski definition) is 4. The predicted molar refractivity (Wildman–Crippen MR) is 106 cm³/mol. The lowest BCUT2D eigenvalue weighted by Crippen LogP contribution is -2.14. The molecule has 0 saturated heterocycles. The van der Waals surface area contributed by atoms with Gasteiger partial charge in [0, 0.05) is 15.7 Å². The van der Waals surface area contributed by atoms with Crippen LogP contribution in [-0.2, 0) is 4.79 Å². The van der Waals surface area contributed by atoms with E-state index in [1.54, 1.807) is 0 Å². The molecule has 2 aromatic carbocycles. The molecule has 0 radical (unpaired) electrons. The lowest BCUT2D eigenvalue weighted by Gasteiger charge is -2.05. The van der Waals surface area contributed by atoms with Crippen LogP contribution in [0.3, 0.4) is 0 Å². The van der Waals surface area contributed by atoms with Crippen LogP contribution in [0.5, 0.6) is 0 Å². The Hall–Kier alpha value is -2.18. The van der Waals surface area contributed by atoms with E-state index in [-0.39, 0.29) is 5.91 Å². The third kappa shape index (κ3) is 5.14. The van der Waals surface area contributed by atoms with Crippen molar-refractivity contribution in [1.29, 1.82) is 0 Å². The van der Waals surface area contributed by atoms with Gasteiger partial charge in [-0.2, -0.15) is 0 Å². The van der Waals surface area contributed by atoms with Crippen molar-refractivity contribution in [3.8, 4) is 11.3 Å². The summed E-state index contributed by atoms with van der Waals surface area (Å²) >= 11 is 4.78. The van der Waals surface area contributed by atoms with Crippen molar-refractivity contribution in [2.45, 2.75) is 11.9 Å². The van der Waals surface area contributed by atoms with Crippen molar-refractivity contribution in [1.82, 2.24) is 10.2 Å². The zero-order valence-electron chi connectivity index (χ0n) is 13.6. The Morgan fingerprint density at radius 1 is 1.00 bits per heavy atom. The molecule has 0 saturated carbocycles. The molecule has 3 rings (SSSR count). The summed E-state index contributed by atoms with van der Waals surface area (Å²) in [5.74, 6) is 0.229. The molecule has 1 aromatic heterocycles. The Kier molecular flexibility index (Phi) is 5.83. The number of benzene rings is 2. The molecule has 3 aromatic rings. The Morgan fingerprint density at radius 3 is 2.36 bits per heavy atom. The van der Waals surface area contributed by atoms with Crippen LogP contribution in [0.2, 0.25) is 0 Å². The molecule has 0 spiro atoms. The number of aromatic nitrogens is 2. The molecule has 0 bridgehead atoms. The first kappa shape index (κ1) is 17.6. The van der Waals surface area contributed by atoms with E-state index in [1.807, 2.05) is 67.6 Å². The van der Waals surface area contributed by atoms with Crippen LogP contribution in [-0.4, -0.2) is 21.9 Å². The normalized spacial score (nSPS) is 10.5. The van der Waals surface area contributed by atoms with Gasteiger partial charge < -0.3 is 5.32 Å². The molecule has 0 atom stereocenters. The number of aryl methyl sites for hydroxylation is 1. The average molecular weight is 414 g/mol. The van der Waals surface area contributed by atoms with E-state index < -0.39 is 0 Å². The van der Waals surface area contributed by atoms with E-state index in [4.69, 9.17) is 0 Å². The maximum Gasteiger partial charge on any atom is 0.234 e. The smallest absolute Gasteiger partial charge is 0.234 e. The molecule has 0 fully saturated rings. The summed E-state index contributed by atoms with van der Waals surface area (Å²) in [5, 5.41) is 12.0. The number of carbonyl (C=O) groups is 1. The van der Waals surface area contributed by atoms with Crippen LogP contribution in [0.4, 0.5) is 5.69 Å². The lowest BCUT2D eigenvalue weighted by molar-refractivity contribution is -0.113. The minimum atomic E-state index is -0.0624. The molecule has 0 aliphatic heterocycles. The average Bonchev–Trinajstić information content (AvgIpc) is 2.63. The number of anilines is 1. The van der Waals surface area contributed by atoms with Gasteiger partial charge in [-0.05, 0) is 43.3 Å². The maximum atomic E-state index is 12.0. The summed E-state index contributed by atoms with van der Waals surface area (Å²) in [5.41, 5.74) is 3.77. The molecule has 4 nitrogen and oxygen atoms in total. The summed E-state index contributed by atoms with van der Waals surface area (Å²) in [4.78, 5) is 12.0. The zero-order chi connectivity index (χ0) is 17.6. The molecule has 0 aliphatic carbocycles. The maximum absolute atomic E-state index is 12.0. The number of amides is 1. The van der Waals surface area contributed by atoms with Crippen LogP contribution in [0.25, 0.3) is 11.3 Å². The molecule has 1 amide bonds. The Morgan fingerprint density at radius 2 is 1.72 bits per heavy atom. The fourth-order valence-electron chi connectivity index (χ4n) is 2.15. The molecule has 6 heteroatoms. The molecular formula is C19H16BrN3OS. The number of hydrogen-bond donors (Lipinski definition) is 1. The van der Waals surface area contributed by atoms with E-state index in [0.717, 1.165) is 32.0 Å². The number of nitrogens with zero attached hydrogens (tertiary/aromatic N) is 2. The number of thioether (sulfide) groups is 1. The van der Waals surface area contributed by atoms with Crippen molar-refractivity contribution < 1.29 is 4.79 Å². The Bertz CT molecular complexity index is 849. The molecule has 126 valence electrons. The summed E-state index contributed by atoms with van der Waals surface area (Å²) in [6.45, 7) is 2.01. The largest absolute Gasteiger partial charge is 0.325 e. The minimum absolute atomic E-state index is 0.0624. The molecule has 0 aliphatic rings. The van der Waals surface area contributed by atoms with Gasteiger partial charge in [-0.15, -0.1) is 10.2 Å². The first-order valence-corrected chi connectivity index (χ1v) is 9.47. The SMILES string of the molecule is Cc1ccc(NC(=O)CSc2ccc(-c3ccc(Br)cc3)nn2)cc1. The highest BCUT2D eigenvalue weighted by molar-refractivity contribution is 9.10. The van der Waals surface area contributed by atoms with Gasteiger partial charge in [0.05, 0.1) is 11.4 Å². The van der Waals surface area contributed by atoms with E-state index in [1.165, 1.54) is 11.8 Å². The monoisotopic (exact) mass is 413 g/mol.